The molecule has 0 aliphatic heterocycles. The van der Waals surface area contributed by atoms with Crippen LogP contribution < -0.4 is 20.1 Å². The third-order valence-corrected chi connectivity index (χ3v) is 4.51. The van der Waals surface area contributed by atoms with Gasteiger partial charge >= 0.3 is 0 Å². The van der Waals surface area contributed by atoms with Crippen molar-refractivity contribution in [2.45, 2.75) is 6.92 Å². The molecule has 7 nitrogen and oxygen atoms in total. The fraction of sp³-hybridized carbons (Fsp3) is 0.150. The maximum atomic E-state index is 12.1. The second-order valence-corrected chi connectivity index (χ2v) is 6.68. The van der Waals surface area contributed by atoms with Crippen LogP contribution in [-0.4, -0.2) is 30.0 Å². The molecule has 2 aromatic carbocycles. The summed E-state index contributed by atoms with van der Waals surface area (Å²) >= 11 is 3.39. The highest BCUT2D eigenvalue weighted by Gasteiger charge is 2.15. The third-order valence-electron chi connectivity index (χ3n) is 3.97. The molecule has 0 fully saturated rings. The number of aromatic nitrogens is 2. The van der Waals surface area contributed by atoms with Crippen LogP contribution in [0.15, 0.2) is 53.1 Å². The van der Waals surface area contributed by atoms with Crippen molar-refractivity contribution >= 4 is 33.5 Å². The maximum Gasteiger partial charge on any atom is 0.254 e. The van der Waals surface area contributed by atoms with Crippen molar-refractivity contribution in [2.75, 3.05) is 19.5 Å². The average Bonchev–Trinajstić information content (AvgIpc) is 2.72. The predicted octanol–water partition coefficient (Wildman–Crippen LogP) is 4.45. The zero-order valence-electron chi connectivity index (χ0n) is 15.6. The van der Waals surface area contributed by atoms with Crippen LogP contribution in [-0.2, 0) is 0 Å². The molecule has 0 saturated carbocycles. The minimum atomic E-state index is -0.244. The first-order valence-electron chi connectivity index (χ1n) is 8.45. The highest BCUT2D eigenvalue weighted by atomic mass is 79.9. The second kappa shape index (κ2) is 8.71. The summed E-state index contributed by atoms with van der Waals surface area (Å²) in [7, 11) is 3.18. The molecule has 0 radical (unpaired) electrons. The summed E-state index contributed by atoms with van der Waals surface area (Å²) in [5.41, 5.74) is 2.24. The SMILES string of the molecule is CNC(=O)c1ccccc1Oc1nc(Nc2cc(OC)ccc2C)ncc1Br. The summed E-state index contributed by atoms with van der Waals surface area (Å²) in [6, 6.07) is 12.6. The Morgan fingerprint density at radius 3 is 2.71 bits per heavy atom. The molecule has 0 atom stereocenters. The minimum absolute atomic E-state index is 0.244. The Morgan fingerprint density at radius 1 is 1.18 bits per heavy atom. The number of hydrogen-bond donors (Lipinski definition) is 2. The Kier molecular flexibility index (Phi) is 6.10. The number of amides is 1. The van der Waals surface area contributed by atoms with Crippen LogP contribution in [0.25, 0.3) is 0 Å². The van der Waals surface area contributed by atoms with Gasteiger partial charge in [0.15, 0.2) is 0 Å². The molecule has 0 aliphatic rings. The molecule has 144 valence electrons. The Hall–Kier alpha value is -3.13. The number of halogens is 1. The number of carbonyl (C=O) groups excluding carboxylic acids is 1. The van der Waals surface area contributed by atoms with E-state index in [1.165, 1.54) is 0 Å². The van der Waals surface area contributed by atoms with Crippen LogP contribution in [0.3, 0.4) is 0 Å². The van der Waals surface area contributed by atoms with Gasteiger partial charge in [0.05, 0.1) is 23.3 Å². The van der Waals surface area contributed by atoms with E-state index in [0.717, 1.165) is 17.0 Å². The standard InChI is InChI=1S/C20H19BrN4O3/c1-12-8-9-13(27-3)10-16(12)24-20-23-11-15(21)19(25-20)28-17-7-5-4-6-14(17)18(26)22-2/h4-11H,1-3H3,(H,22,26)(H,23,24,25). The van der Waals surface area contributed by atoms with Crippen LogP contribution in [0.1, 0.15) is 15.9 Å². The number of methoxy groups -OCH3 is 1. The number of nitrogens with zero attached hydrogens (tertiary/aromatic N) is 2. The number of aryl methyl sites for hydroxylation is 1. The molecule has 1 aromatic heterocycles. The lowest BCUT2D eigenvalue weighted by Crippen LogP contribution is -2.18. The summed E-state index contributed by atoms with van der Waals surface area (Å²) in [6.45, 7) is 1.97. The van der Waals surface area contributed by atoms with E-state index in [1.54, 1.807) is 44.6 Å². The Balaban J connectivity index is 1.90. The number of rotatable bonds is 6. The fourth-order valence-electron chi connectivity index (χ4n) is 2.45. The number of para-hydroxylation sites is 1. The van der Waals surface area contributed by atoms with Gasteiger partial charge in [-0.05, 0) is 46.6 Å². The number of anilines is 2. The number of benzene rings is 2. The topological polar surface area (TPSA) is 85.4 Å². The Labute approximate surface area is 171 Å². The van der Waals surface area contributed by atoms with Crippen molar-refractivity contribution in [1.82, 2.24) is 15.3 Å². The van der Waals surface area contributed by atoms with Gasteiger partial charge in [0, 0.05) is 18.8 Å². The van der Waals surface area contributed by atoms with E-state index in [0.29, 0.717) is 21.7 Å². The zero-order valence-corrected chi connectivity index (χ0v) is 17.2. The molecular weight excluding hydrogens is 424 g/mol. The number of hydrogen-bond acceptors (Lipinski definition) is 6. The van der Waals surface area contributed by atoms with Gasteiger partial charge in [0.25, 0.3) is 5.91 Å². The summed E-state index contributed by atoms with van der Waals surface area (Å²) in [6.07, 6.45) is 1.59. The molecular formula is C20H19BrN4O3. The van der Waals surface area contributed by atoms with Gasteiger partial charge in [-0.2, -0.15) is 4.98 Å². The molecule has 8 heteroatoms. The average molecular weight is 443 g/mol. The van der Waals surface area contributed by atoms with E-state index in [-0.39, 0.29) is 11.8 Å². The van der Waals surface area contributed by atoms with E-state index in [2.05, 4.69) is 36.5 Å². The van der Waals surface area contributed by atoms with E-state index in [1.807, 2.05) is 25.1 Å². The largest absolute Gasteiger partial charge is 0.497 e. The summed E-state index contributed by atoms with van der Waals surface area (Å²) < 4.78 is 11.7. The van der Waals surface area contributed by atoms with Gasteiger partial charge in [-0.1, -0.05) is 18.2 Å². The lowest BCUT2D eigenvalue weighted by atomic mass is 10.2. The van der Waals surface area contributed by atoms with Gasteiger partial charge in [-0.15, -0.1) is 0 Å². The first-order valence-corrected chi connectivity index (χ1v) is 9.24. The minimum Gasteiger partial charge on any atom is -0.497 e. The Bertz CT molecular complexity index is 1010. The van der Waals surface area contributed by atoms with Gasteiger partial charge in [-0.3, -0.25) is 4.79 Å². The van der Waals surface area contributed by atoms with Crippen LogP contribution >= 0.6 is 15.9 Å². The molecule has 28 heavy (non-hydrogen) atoms. The van der Waals surface area contributed by atoms with Crippen molar-refractivity contribution in [3.05, 3.63) is 64.3 Å². The molecule has 0 saturated heterocycles. The highest BCUT2D eigenvalue weighted by molar-refractivity contribution is 9.10. The molecule has 3 rings (SSSR count). The van der Waals surface area contributed by atoms with Crippen molar-refractivity contribution in [1.29, 1.82) is 0 Å². The van der Waals surface area contributed by atoms with E-state index >= 15 is 0 Å². The Morgan fingerprint density at radius 2 is 1.96 bits per heavy atom. The van der Waals surface area contributed by atoms with Crippen LogP contribution in [0.5, 0.6) is 17.4 Å². The number of carbonyl (C=O) groups is 1. The number of ether oxygens (including phenoxy) is 2. The molecule has 0 spiro atoms. The molecule has 3 aromatic rings. The quantitative estimate of drug-likeness (QED) is 0.586. The van der Waals surface area contributed by atoms with Crippen molar-refractivity contribution < 1.29 is 14.3 Å². The van der Waals surface area contributed by atoms with E-state index in [9.17, 15) is 4.79 Å². The van der Waals surface area contributed by atoms with Crippen molar-refractivity contribution in [3.63, 3.8) is 0 Å². The third kappa shape index (κ3) is 4.40. The second-order valence-electron chi connectivity index (χ2n) is 5.83. The summed E-state index contributed by atoms with van der Waals surface area (Å²) in [5.74, 6) is 1.51. The first-order chi connectivity index (χ1) is 13.5. The highest BCUT2D eigenvalue weighted by Crippen LogP contribution is 2.31. The molecule has 0 bridgehead atoms. The van der Waals surface area contributed by atoms with Crippen LogP contribution in [0.2, 0.25) is 0 Å². The monoisotopic (exact) mass is 442 g/mol. The maximum absolute atomic E-state index is 12.1. The van der Waals surface area contributed by atoms with Crippen LogP contribution in [0.4, 0.5) is 11.6 Å². The molecule has 2 N–H and O–H groups in total. The molecule has 0 unspecified atom stereocenters. The molecule has 1 heterocycles. The van der Waals surface area contributed by atoms with Crippen molar-refractivity contribution in [2.24, 2.45) is 0 Å². The van der Waals surface area contributed by atoms with Crippen LogP contribution in [0, 0.1) is 6.92 Å². The lowest BCUT2D eigenvalue weighted by Gasteiger charge is -2.13. The van der Waals surface area contributed by atoms with E-state index < -0.39 is 0 Å². The van der Waals surface area contributed by atoms with Gasteiger partial charge < -0.3 is 20.1 Å². The normalized spacial score (nSPS) is 10.3. The smallest absolute Gasteiger partial charge is 0.254 e. The molecule has 1 amide bonds. The summed E-state index contributed by atoms with van der Waals surface area (Å²) in [5, 5.41) is 5.76. The van der Waals surface area contributed by atoms with E-state index in [4.69, 9.17) is 9.47 Å². The lowest BCUT2D eigenvalue weighted by molar-refractivity contribution is 0.0960. The summed E-state index contributed by atoms with van der Waals surface area (Å²) in [4.78, 5) is 20.8. The van der Waals surface area contributed by atoms with Gasteiger partial charge in [0.1, 0.15) is 11.5 Å². The first kappa shape index (κ1) is 19.6. The number of nitrogens with one attached hydrogen (secondary N) is 2. The molecule has 0 aliphatic carbocycles. The van der Waals surface area contributed by atoms with Crippen molar-refractivity contribution in [3.8, 4) is 17.4 Å². The van der Waals surface area contributed by atoms with Gasteiger partial charge in [0.2, 0.25) is 11.8 Å². The van der Waals surface area contributed by atoms with Gasteiger partial charge in [-0.25, -0.2) is 4.98 Å². The predicted molar refractivity (Wildman–Crippen MR) is 111 cm³/mol. The zero-order chi connectivity index (χ0) is 20.1. The fourth-order valence-corrected chi connectivity index (χ4v) is 2.72.